The average Bonchev–Trinajstić information content (AvgIpc) is 3.45. The van der Waals surface area contributed by atoms with Gasteiger partial charge in [-0.15, -0.1) is 0 Å². The Morgan fingerprint density at radius 3 is 2.44 bits per heavy atom. The lowest BCUT2D eigenvalue weighted by Crippen LogP contribution is -2.19. The minimum atomic E-state index is -0.252. The van der Waals surface area contributed by atoms with Crippen LogP contribution in [0.5, 0.6) is 0 Å². The Morgan fingerprint density at radius 2 is 1.76 bits per heavy atom. The number of aryl methyl sites for hydroxylation is 1. The van der Waals surface area contributed by atoms with Gasteiger partial charge < -0.3 is 5.32 Å². The summed E-state index contributed by atoms with van der Waals surface area (Å²) in [5, 5.41) is 7.08. The van der Waals surface area contributed by atoms with Crippen molar-refractivity contribution in [1.82, 2.24) is 5.43 Å². The summed E-state index contributed by atoms with van der Waals surface area (Å²) in [6.45, 7) is 3.79. The Kier molecular flexibility index (Phi) is 4.93. The van der Waals surface area contributed by atoms with Gasteiger partial charge in [0.2, 0.25) is 5.91 Å². The van der Waals surface area contributed by atoms with Crippen LogP contribution in [0.25, 0.3) is 0 Å². The lowest BCUT2D eigenvalue weighted by molar-refractivity contribution is -0.117. The second-order valence-corrected chi connectivity index (χ2v) is 6.35. The smallest absolute Gasteiger partial charge is 0.271 e. The van der Waals surface area contributed by atoms with Crippen molar-refractivity contribution in [3.05, 3.63) is 65.2 Å². The third kappa shape index (κ3) is 4.53. The summed E-state index contributed by atoms with van der Waals surface area (Å²) in [5.74, 6) is -0.0239. The van der Waals surface area contributed by atoms with E-state index in [9.17, 15) is 9.59 Å². The summed E-state index contributed by atoms with van der Waals surface area (Å²) in [7, 11) is 0. The van der Waals surface area contributed by atoms with Crippen molar-refractivity contribution >= 4 is 23.2 Å². The molecule has 25 heavy (non-hydrogen) atoms. The van der Waals surface area contributed by atoms with Crippen molar-refractivity contribution in [3.63, 3.8) is 0 Å². The molecule has 5 nitrogen and oxygen atoms in total. The molecule has 1 saturated carbocycles. The van der Waals surface area contributed by atoms with Crippen LogP contribution in [0.3, 0.4) is 0 Å². The van der Waals surface area contributed by atoms with Crippen molar-refractivity contribution in [3.8, 4) is 0 Å². The van der Waals surface area contributed by atoms with Gasteiger partial charge in [-0.25, -0.2) is 5.43 Å². The SMILES string of the molecule is C/C(=N/NC(=O)c1ccc(C)cc1)c1cccc(NC(=O)C2CC2)c1. The average molecular weight is 335 g/mol. The molecule has 0 atom stereocenters. The van der Waals surface area contributed by atoms with Crippen LogP contribution < -0.4 is 10.7 Å². The molecule has 0 spiro atoms. The van der Waals surface area contributed by atoms with Crippen molar-refractivity contribution in [1.29, 1.82) is 0 Å². The second kappa shape index (κ2) is 7.30. The van der Waals surface area contributed by atoms with Crippen molar-refractivity contribution < 1.29 is 9.59 Å². The van der Waals surface area contributed by atoms with E-state index in [4.69, 9.17) is 0 Å². The number of anilines is 1. The number of hydrogen-bond acceptors (Lipinski definition) is 3. The quantitative estimate of drug-likeness (QED) is 0.648. The van der Waals surface area contributed by atoms with Crippen LogP contribution in [0.2, 0.25) is 0 Å². The molecule has 0 aromatic heterocycles. The van der Waals surface area contributed by atoms with Crippen molar-refractivity contribution in [2.75, 3.05) is 5.32 Å². The standard InChI is InChI=1S/C20H21N3O2/c1-13-6-8-16(9-7-13)20(25)23-22-14(2)17-4-3-5-18(12-17)21-19(24)15-10-11-15/h3-9,12,15H,10-11H2,1-2H3,(H,21,24)(H,23,25)/b22-14-. The van der Waals surface area contributed by atoms with E-state index >= 15 is 0 Å². The number of benzene rings is 2. The van der Waals surface area contributed by atoms with E-state index in [1.54, 1.807) is 12.1 Å². The Bertz CT molecular complexity index is 821. The molecule has 0 unspecified atom stereocenters. The predicted molar refractivity (Wildman–Crippen MR) is 98.7 cm³/mol. The van der Waals surface area contributed by atoms with Crippen molar-refractivity contribution in [2.24, 2.45) is 11.0 Å². The summed E-state index contributed by atoms with van der Waals surface area (Å²) >= 11 is 0. The highest BCUT2D eigenvalue weighted by Gasteiger charge is 2.29. The first-order chi connectivity index (χ1) is 12.0. The minimum Gasteiger partial charge on any atom is -0.326 e. The summed E-state index contributed by atoms with van der Waals surface area (Å²) < 4.78 is 0. The van der Waals surface area contributed by atoms with Gasteiger partial charge in [0.05, 0.1) is 5.71 Å². The molecule has 1 aliphatic rings. The highest BCUT2D eigenvalue weighted by atomic mass is 16.2. The monoisotopic (exact) mass is 335 g/mol. The first-order valence-corrected chi connectivity index (χ1v) is 8.35. The van der Waals surface area contributed by atoms with Gasteiger partial charge in [0, 0.05) is 17.2 Å². The molecule has 3 rings (SSSR count). The first kappa shape index (κ1) is 16.9. The topological polar surface area (TPSA) is 70.6 Å². The van der Waals surface area contributed by atoms with Gasteiger partial charge in [0.1, 0.15) is 0 Å². The third-order valence-electron chi connectivity index (χ3n) is 4.13. The number of hydrazone groups is 1. The number of rotatable bonds is 5. The van der Waals surface area contributed by atoms with E-state index < -0.39 is 0 Å². The molecule has 0 aliphatic heterocycles. The van der Waals surface area contributed by atoms with Gasteiger partial charge >= 0.3 is 0 Å². The van der Waals surface area contributed by atoms with Gasteiger partial charge in [-0.05, 0) is 56.5 Å². The molecule has 0 heterocycles. The first-order valence-electron chi connectivity index (χ1n) is 8.35. The molecule has 128 valence electrons. The molecule has 2 aromatic rings. The maximum absolute atomic E-state index is 12.1. The van der Waals surface area contributed by atoms with Crippen molar-refractivity contribution in [2.45, 2.75) is 26.7 Å². The Labute approximate surface area is 147 Å². The zero-order chi connectivity index (χ0) is 17.8. The second-order valence-electron chi connectivity index (χ2n) is 6.35. The maximum Gasteiger partial charge on any atom is 0.271 e. The van der Waals surface area contributed by atoms with E-state index in [0.29, 0.717) is 11.3 Å². The van der Waals surface area contributed by atoms with E-state index in [2.05, 4.69) is 15.8 Å². The van der Waals surface area contributed by atoms with E-state index in [1.807, 2.05) is 50.2 Å². The number of carbonyl (C=O) groups excluding carboxylic acids is 2. The number of amides is 2. The highest BCUT2D eigenvalue weighted by Crippen LogP contribution is 2.30. The zero-order valence-electron chi connectivity index (χ0n) is 14.4. The normalized spacial score (nSPS) is 14.1. The molecular weight excluding hydrogens is 314 g/mol. The van der Waals surface area contributed by atoms with Gasteiger partial charge in [0.15, 0.2) is 0 Å². The van der Waals surface area contributed by atoms with Gasteiger partial charge in [-0.1, -0.05) is 29.8 Å². The third-order valence-corrected chi connectivity index (χ3v) is 4.13. The number of carbonyl (C=O) groups is 2. The Hall–Kier alpha value is -2.95. The van der Waals surface area contributed by atoms with E-state index in [-0.39, 0.29) is 17.7 Å². The van der Waals surface area contributed by atoms with E-state index in [1.165, 1.54) is 0 Å². The van der Waals surface area contributed by atoms with Crippen LogP contribution in [0.15, 0.2) is 53.6 Å². The molecule has 2 aromatic carbocycles. The van der Waals surface area contributed by atoms with Crippen LogP contribution >= 0.6 is 0 Å². The molecule has 0 saturated heterocycles. The molecule has 0 bridgehead atoms. The maximum atomic E-state index is 12.1. The number of nitrogens with zero attached hydrogens (tertiary/aromatic N) is 1. The van der Waals surface area contributed by atoms with Crippen LogP contribution in [0.4, 0.5) is 5.69 Å². The summed E-state index contributed by atoms with van der Waals surface area (Å²) in [5.41, 5.74) is 6.49. The Balaban J connectivity index is 1.66. The van der Waals surface area contributed by atoms with Gasteiger partial charge in [0.25, 0.3) is 5.91 Å². The highest BCUT2D eigenvalue weighted by molar-refractivity contribution is 6.02. The number of nitrogens with one attached hydrogen (secondary N) is 2. The fraction of sp³-hybridized carbons (Fsp3) is 0.250. The number of hydrogen-bond donors (Lipinski definition) is 2. The van der Waals surface area contributed by atoms with Crippen LogP contribution in [0.1, 0.15) is 41.3 Å². The van der Waals surface area contributed by atoms with Crippen LogP contribution in [0, 0.1) is 12.8 Å². The molecule has 0 radical (unpaired) electrons. The van der Waals surface area contributed by atoms with Gasteiger partial charge in [-0.2, -0.15) is 5.10 Å². The Morgan fingerprint density at radius 1 is 1.04 bits per heavy atom. The zero-order valence-corrected chi connectivity index (χ0v) is 14.4. The molecular formula is C20H21N3O2. The fourth-order valence-corrected chi connectivity index (χ4v) is 2.38. The van der Waals surface area contributed by atoms with E-state index in [0.717, 1.165) is 29.7 Å². The van der Waals surface area contributed by atoms with Crippen LogP contribution in [-0.4, -0.2) is 17.5 Å². The lowest BCUT2D eigenvalue weighted by atomic mass is 10.1. The molecule has 2 amide bonds. The predicted octanol–water partition coefficient (Wildman–Crippen LogP) is 3.50. The molecule has 2 N–H and O–H groups in total. The lowest BCUT2D eigenvalue weighted by Gasteiger charge is -2.07. The molecule has 1 fully saturated rings. The fourth-order valence-electron chi connectivity index (χ4n) is 2.38. The summed E-state index contributed by atoms with van der Waals surface area (Å²) in [6.07, 6.45) is 1.94. The molecule has 1 aliphatic carbocycles. The largest absolute Gasteiger partial charge is 0.326 e. The van der Waals surface area contributed by atoms with Crippen LogP contribution in [-0.2, 0) is 4.79 Å². The van der Waals surface area contributed by atoms with Gasteiger partial charge in [-0.3, -0.25) is 9.59 Å². The molecule has 5 heteroatoms. The summed E-state index contributed by atoms with van der Waals surface area (Å²) in [6, 6.07) is 14.8. The minimum absolute atomic E-state index is 0.0689. The summed E-state index contributed by atoms with van der Waals surface area (Å²) in [4.78, 5) is 24.0.